The first-order valence-electron chi connectivity index (χ1n) is 9.68. The maximum absolute atomic E-state index is 12.6. The Bertz CT molecular complexity index is 856. The summed E-state index contributed by atoms with van der Waals surface area (Å²) in [4.78, 5) is 34.7. The summed E-state index contributed by atoms with van der Waals surface area (Å²) in [6.07, 6.45) is 6.14. The van der Waals surface area contributed by atoms with Gasteiger partial charge in [0, 0.05) is 36.5 Å². The Morgan fingerprint density at radius 1 is 1.14 bits per heavy atom. The molecule has 6 heteroatoms. The van der Waals surface area contributed by atoms with Crippen molar-refractivity contribution in [3.8, 4) is 11.3 Å². The molecule has 0 spiro atoms. The molecule has 6 nitrogen and oxygen atoms in total. The van der Waals surface area contributed by atoms with Gasteiger partial charge in [-0.2, -0.15) is 0 Å². The van der Waals surface area contributed by atoms with Gasteiger partial charge in [0.15, 0.2) is 0 Å². The van der Waals surface area contributed by atoms with Gasteiger partial charge in [0.05, 0.1) is 17.0 Å². The van der Waals surface area contributed by atoms with E-state index < -0.39 is 5.97 Å². The summed E-state index contributed by atoms with van der Waals surface area (Å²) in [5.41, 5.74) is 2.40. The van der Waals surface area contributed by atoms with Crippen LogP contribution in [0.1, 0.15) is 49.7 Å². The second kappa shape index (κ2) is 8.09. The van der Waals surface area contributed by atoms with Crippen molar-refractivity contribution in [2.45, 2.75) is 40.0 Å². The number of likely N-dealkylation sites (tertiary alicyclic amines) is 1. The summed E-state index contributed by atoms with van der Waals surface area (Å²) in [7, 11) is 0. The second-order valence-corrected chi connectivity index (χ2v) is 8.45. The van der Waals surface area contributed by atoms with E-state index in [2.05, 4.69) is 9.97 Å². The van der Waals surface area contributed by atoms with Crippen LogP contribution in [-0.2, 0) is 11.2 Å². The molecule has 1 atom stereocenters. The topological polar surface area (TPSA) is 83.4 Å². The van der Waals surface area contributed by atoms with Crippen LogP contribution in [0, 0.1) is 11.3 Å². The van der Waals surface area contributed by atoms with Gasteiger partial charge in [0.2, 0.25) is 5.91 Å². The Labute approximate surface area is 165 Å². The first-order valence-corrected chi connectivity index (χ1v) is 9.68. The second-order valence-electron chi connectivity index (χ2n) is 8.45. The SMILES string of the molecule is CC(C)(C)C(=O)N1CCCC(Cc2nccnc2-c2ccc(C(=O)O)cc2)C1. The number of benzene rings is 1. The van der Waals surface area contributed by atoms with E-state index in [4.69, 9.17) is 5.11 Å². The normalized spacial score (nSPS) is 17.4. The highest BCUT2D eigenvalue weighted by Crippen LogP contribution is 2.28. The molecule has 1 fully saturated rings. The standard InChI is InChI=1S/C22H27N3O3/c1-22(2,3)21(28)25-12-4-5-15(14-25)13-18-19(24-11-10-23-18)16-6-8-17(9-7-16)20(26)27/h6-11,15H,4-5,12-14H2,1-3H3,(H,26,27). The summed E-state index contributed by atoms with van der Waals surface area (Å²) in [5, 5.41) is 9.08. The van der Waals surface area contributed by atoms with Crippen LogP contribution >= 0.6 is 0 Å². The van der Waals surface area contributed by atoms with Gasteiger partial charge in [-0.3, -0.25) is 14.8 Å². The number of hydrogen-bond acceptors (Lipinski definition) is 4. The molecule has 1 amide bonds. The van der Waals surface area contributed by atoms with E-state index in [-0.39, 0.29) is 16.9 Å². The average Bonchev–Trinajstić information content (AvgIpc) is 2.67. The van der Waals surface area contributed by atoms with Gasteiger partial charge < -0.3 is 10.0 Å². The van der Waals surface area contributed by atoms with Crippen LogP contribution in [0.5, 0.6) is 0 Å². The van der Waals surface area contributed by atoms with E-state index in [0.29, 0.717) is 5.92 Å². The molecule has 1 aromatic carbocycles. The molecule has 2 heterocycles. The Kier molecular flexibility index (Phi) is 5.77. The van der Waals surface area contributed by atoms with Gasteiger partial charge in [-0.25, -0.2) is 4.79 Å². The van der Waals surface area contributed by atoms with Crippen LogP contribution < -0.4 is 0 Å². The lowest BCUT2D eigenvalue weighted by Crippen LogP contribution is -2.45. The van der Waals surface area contributed by atoms with Crippen molar-refractivity contribution in [1.82, 2.24) is 14.9 Å². The van der Waals surface area contributed by atoms with E-state index in [1.807, 2.05) is 25.7 Å². The van der Waals surface area contributed by atoms with Gasteiger partial charge in [-0.15, -0.1) is 0 Å². The lowest BCUT2D eigenvalue weighted by atomic mass is 9.88. The summed E-state index contributed by atoms with van der Waals surface area (Å²) in [6.45, 7) is 7.43. The lowest BCUT2D eigenvalue weighted by Gasteiger charge is -2.36. The predicted octanol–water partition coefficient (Wildman–Crippen LogP) is 3.67. The number of aromatic nitrogens is 2. The first kappa shape index (κ1) is 20.0. The minimum absolute atomic E-state index is 0.195. The van der Waals surface area contributed by atoms with Crippen LogP contribution in [-0.4, -0.2) is 44.9 Å². The summed E-state index contributed by atoms with van der Waals surface area (Å²) in [6, 6.07) is 6.71. The molecule has 0 bridgehead atoms. The van der Waals surface area contributed by atoms with Gasteiger partial charge in [-0.1, -0.05) is 32.9 Å². The van der Waals surface area contributed by atoms with E-state index >= 15 is 0 Å². The van der Waals surface area contributed by atoms with E-state index in [9.17, 15) is 9.59 Å². The molecule has 0 aliphatic carbocycles. The molecule has 1 aromatic heterocycles. The number of carbonyl (C=O) groups excluding carboxylic acids is 1. The van der Waals surface area contributed by atoms with Crippen molar-refractivity contribution in [2.75, 3.05) is 13.1 Å². The molecule has 1 N–H and O–H groups in total. The van der Waals surface area contributed by atoms with Crippen LogP contribution in [0.3, 0.4) is 0 Å². The number of nitrogens with zero attached hydrogens (tertiary/aromatic N) is 3. The molecule has 3 rings (SSSR count). The third-order valence-electron chi connectivity index (χ3n) is 5.11. The summed E-state index contributed by atoms with van der Waals surface area (Å²) in [5.74, 6) is -0.411. The number of rotatable bonds is 4. The number of carbonyl (C=O) groups is 2. The molecule has 1 saturated heterocycles. The van der Waals surface area contributed by atoms with Crippen molar-refractivity contribution in [2.24, 2.45) is 11.3 Å². The first-order chi connectivity index (χ1) is 13.3. The summed E-state index contributed by atoms with van der Waals surface area (Å²) < 4.78 is 0. The maximum atomic E-state index is 12.6. The van der Waals surface area contributed by atoms with Crippen molar-refractivity contribution >= 4 is 11.9 Å². The average molecular weight is 381 g/mol. The van der Waals surface area contributed by atoms with E-state index in [1.54, 1.807) is 36.7 Å². The van der Waals surface area contributed by atoms with Crippen LogP contribution in [0.2, 0.25) is 0 Å². The Morgan fingerprint density at radius 2 is 1.82 bits per heavy atom. The quantitative estimate of drug-likeness (QED) is 0.874. The maximum Gasteiger partial charge on any atom is 0.335 e. The number of carboxylic acid groups (broad SMARTS) is 1. The minimum Gasteiger partial charge on any atom is -0.478 e. The zero-order chi connectivity index (χ0) is 20.3. The van der Waals surface area contributed by atoms with Gasteiger partial charge >= 0.3 is 5.97 Å². The number of hydrogen-bond donors (Lipinski definition) is 1. The van der Waals surface area contributed by atoms with E-state index in [1.165, 1.54) is 0 Å². The number of piperidine rings is 1. The zero-order valence-corrected chi connectivity index (χ0v) is 16.7. The smallest absolute Gasteiger partial charge is 0.335 e. The van der Waals surface area contributed by atoms with Crippen LogP contribution in [0.15, 0.2) is 36.7 Å². The molecular weight excluding hydrogens is 354 g/mol. The van der Waals surface area contributed by atoms with Gasteiger partial charge in [-0.05, 0) is 37.3 Å². The Morgan fingerprint density at radius 3 is 2.46 bits per heavy atom. The highest BCUT2D eigenvalue weighted by Gasteiger charge is 2.31. The van der Waals surface area contributed by atoms with E-state index in [0.717, 1.165) is 49.3 Å². The van der Waals surface area contributed by atoms with Crippen molar-refractivity contribution in [1.29, 1.82) is 0 Å². The molecule has 2 aromatic rings. The largest absolute Gasteiger partial charge is 0.478 e. The van der Waals surface area contributed by atoms with Gasteiger partial charge in [0.1, 0.15) is 0 Å². The fraction of sp³-hybridized carbons (Fsp3) is 0.455. The van der Waals surface area contributed by atoms with Crippen molar-refractivity contribution in [3.05, 3.63) is 47.9 Å². The molecule has 1 aliphatic rings. The number of amides is 1. The molecule has 148 valence electrons. The highest BCUT2D eigenvalue weighted by molar-refractivity contribution is 5.88. The monoisotopic (exact) mass is 381 g/mol. The van der Waals surface area contributed by atoms with Crippen molar-refractivity contribution < 1.29 is 14.7 Å². The Hall–Kier alpha value is -2.76. The minimum atomic E-state index is -0.947. The predicted molar refractivity (Wildman–Crippen MR) is 107 cm³/mol. The molecule has 1 aliphatic heterocycles. The molecule has 28 heavy (non-hydrogen) atoms. The highest BCUT2D eigenvalue weighted by atomic mass is 16.4. The zero-order valence-electron chi connectivity index (χ0n) is 16.7. The number of carboxylic acids is 1. The fourth-order valence-electron chi connectivity index (χ4n) is 3.69. The Balaban J connectivity index is 1.78. The molecule has 1 unspecified atom stereocenters. The van der Waals surface area contributed by atoms with Crippen molar-refractivity contribution in [3.63, 3.8) is 0 Å². The molecule has 0 saturated carbocycles. The third kappa shape index (κ3) is 4.55. The lowest BCUT2D eigenvalue weighted by molar-refractivity contribution is -0.141. The molecule has 0 radical (unpaired) electrons. The molecular formula is C22H27N3O3. The van der Waals surface area contributed by atoms with Crippen LogP contribution in [0.25, 0.3) is 11.3 Å². The summed E-state index contributed by atoms with van der Waals surface area (Å²) >= 11 is 0. The fourth-order valence-corrected chi connectivity index (χ4v) is 3.69. The van der Waals surface area contributed by atoms with Gasteiger partial charge in [0.25, 0.3) is 0 Å². The van der Waals surface area contributed by atoms with Crippen LogP contribution in [0.4, 0.5) is 0 Å². The number of aromatic carboxylic acids is 1. The third-order valence-corrected chi connectivity index (χ3v) is 5.11.